The van der Waals surface area contributed by atoms with Gasteiger partial charge >= 0.3 is 0 Å². The molecule has 0 atom stereocenters. The lowest BCUT2D eigenvalue weighted by Gasteiger charge is -2.39. The van der Waals surface area contributed by atoms with Gasteiger partial charge < -0.3 is 14.6 Å². The lowest BCUT2D eigenvalue weighted by Crippen LogP contribution is -2.41. The second-order valence-electron chi connectivity index (χ2n) is 4.62. The first-order valence-electron chi connectivity index (χ1n) is 5.74. The summed E-state index contributed by atoms with van der Waals surface area (Å²) in [4.78, 5) is 5.18. The van der Waals surface area contributed by atoms with Crippen molar-refractivity contribution in [1.82, 2.24) is 4.98 Å². The summed E-state index contributed by atoms with van der Waals surface area (Å²) in [6, 6.07) is 0. The van der Waals surface area contributed by atoms with Crippen molar-refractivity contribution in [2.45, 2.75) is 37.1 Å². The van der Waals surface area contributed by atoms with Gasteiger partial charge in [0.2, 0.25) is 0 Å². The van der Waals surface area contributed by atoms with Gasteiger partial charge in [-0.05, 0) is 35.4 Å². The first-order valence-corrected chi connectivity index (χ1v) is 7.64. The molecule has 1 aliphatic heterocycles. The van der Waals surface area contributed by atoms with Crippen molar-refractivity contribution < 1.29 is 14.6 Å². The Morgan fingerprint density at radius 2 is 1.88 bits per heavy atom. The maximum absolute atomic E-state index is 10.7. The second-order valence-corrected chi connectivity index (χ2v) is 7.40. The Hall–Kier alpha value is 0.240. The standard InChI is InChI=1S/C11H14INO3S/c12-9-13-7-8(17-9)10(14)1-3-11(4-2-10)15-5-6-16-11/h7,14H,1-6H2. The van der Waals surface area contributed by atoms with Crippen LogP contribution >= 0.6 is 33.9 Å². The van der Waals surface area contributed by atoms with E-state index < -0.39 is 11.4 Å². The van der Waals surface area contributed by atoms with E-state index in [0.717, 1.165) is 20.7 Å². The Labute approximate surface area is 117 Å². The lowest BCUT2D eigenvalue weighted by molar-refractivity contribution is -0.203. The zero-order chi connectivity index (χ0) is 11.9. The summed E-state index contributed by atoms with van der Waals surface area (Å²) in [5.41, 5.74) is -0.734. The maximum atomic E-state index is 10.7. The van der Waals surface area contributed by atoms with Crippen LogP contribution in [0.1, 0.15) is 30.6 Å². The molecule has 1 saturated carbocycles. The second kappa shape index (κ2) is 4.41. The molecule has 3 rings (SSSR count). The van der Waals surface area contributed by atoms with E-state index in [4.69, 9.17) is 9.47 Å². The van der Waals surface area contributed by atoms with Crippen LogP contribution in [0.25, 0.3) is 0 Å². The molecule has 94 valence electrons. The fraction of sp³-hybridized carbons (Fsp3) is 0.727. The first-order chi connectivity index (χ1) is 8.12. The molecule has 0 aromatic carbocycles. The number of ether oxygens (including phenoxy) is 2. The average Bonchev–Trinajstić information content (AvgIpc) is 2.94. The van der Waals surface area contributed by atoms with Gasteiger partial charge in [-0.25, -0.2) is 4.98 Å². The molecular formula is C11H14INO3S. The van der Waals surface area contributed by atoms with Crippen LogP contribution in [0.5, 0.6) is 0 Å². The van der Waals surface area contributed by atoms with Crippen LogP contribution in [0.4, 0.5) is 0 Å². The van der Waals surface area contributed by atoms with E-state index in [2.05, 4.69) is 27.6 Å². The zero-order valence-electron chi connectivity index (χ0n) is 9.32. The van der Waals surface area contributed by atoms with Gasteiger partial charge in [-0.15, -0.1) is 11.3 Å². The number of hydrogen-bond acceptors (Lipinski definition) is 5. The van der Waals surface area contributed by atoms with E-state index in [1.165, 1.54) is 0 Å². The highest BCUT2D eigenvalue weighted by atomic mass is 127. The molecule has 0 unspecified atom stereocenters. The number of rotatable bonds is 1. The number of nitrogens with zero attached hydrogens (tertiary/aromatic N) is 1. The molecule has 1 aliphatic carbocycles. The topological polar surface area (TPSA) is 51.6 Å². The zero-order valence-corrected chi connectivity index (χ0v) is 12.3. The van der Waals surface area contributed by atoms with Crippen molar-refractivity contribution in [2.24, 2.45) is 0 Å². The summed E-state index contributed by atoms with van der Waals surface area (Å²) in [5.74, 6) is -0.413. The van der Waals surface area contributed by atoms with Crippen LogP contribution in [0, 0.1) is 3.01 Å². The highest BCUT2D eigenvalue weighted by molar-refractivity contribution is 14.1. The van der Waals surface area contributed by atoms with Crippen LogP contribution in [-0.2, 0) is 15.1 Å². The fourth-order valence-electron chi connectivity index (χ4n) is 2.54. The maximum Gasteiger partial charge on any atom is 0.168 e. The number of halogens is 1. The predicted octanol–water partition coefficient (Wildman–Crippen LogP) is 2.25. The first kappa shape index (κ1) is 12.3. The van der Waals surface area contributed by atoms with Gasteiger partial charge in [-0.1, -0.05) is 0 Å². The fourth-order valence-corrected chi connectivity index (χ4v) is 4.18. The van der Waals surface area contributed by atoms with Gasteiger partial charge in [0.05, 0.1) is 18.1 Å². The molecule has 4 nitrogen and oxygen atoms in total. The highest BCUT2D eigenvalue weighted by Crippen LogP contribution is 2.46. The molecule has 0 radical (unpaired) electrons. The molecule has 17 heavy (non-hydrogen) atoms. The minimum Gasteiger partial charge on any atom is -0.384 e. The van der Waals surface area contributed by atoms with Crippen LogP contribution in [0.2, 0.25) is 0 Å². The third-order valence-electron chi connectivity index (χ3n) is 3.59. The largest absolute Gasteiger partial charge is 0.384 e. The molecule has 2 heterocycles. The molecule has 2 aliphatic rings. The minimum atomic E-state index is -0.734. The summed E-state index contributed by atoms with van der Waals surface area (Å²) in [5, 5.41) is 10.7. The van der Waals surface area contributed by atoms with Gasteiger partial charge in [0.25, 0.3) is 0 Å². The summed E-state index contributed by atoms with van der Waals surface area (Å²) >= 11 is 3.75. The number of thiazole rings is 1. The molecule has 1 saturated heterocycles. The minimum absolute atomic E-state index is 0.413. The third-order valence-corrected chi connectivity index (χ3v) is 5.51. The summed E-state index contributed by atoms with van der Waals surface area (Å²) in [6.07, 6.45) is 4.69. The summed E-state index contributed by atoms with van der Waals surface area (Å²) in [6.45, 7) is 1.35. The monoisotopic (exact) mass is 367 g/mol. The van der Waals surface area contributed by atoms with Crippen LogP contribution in [0.15, 0.2) is 6.20 Å². The molecule has 1 aromatic rings. The van der Waals surface area contributed by atoms with Crippen molar-refractivity contribution in [3.8, 4) is 0 Å². The van der Waals surface area contributed by atoms with Crippen LogP contribution in [0.3, 0.4) is 0 Å². The lowest BCUT2D eigenvalue weighted by atomic mass is 9.80. The van der Waals surface area contributed by atoms with E-state index in [0.29, 0.717) is 26.1 Å². The predicted molar refractivity (Wildman–Crippen MR) is 71.8 cm³/mol. The molecule has 0 amide bonds. The molecule has 1 aromatic heterocycles. The third kappa shape index (κ3) is 2.25. The Bertz CT molecular complexity index is 407. The van der Waals surface area contributed by atoms with Crippen LogP contribution in [-0.4, -0.2) is 29.1 Å². The quantitative estimate of drug-likeness (QED) is 0.774. The molecule has 2 fully saturated rings. The van der Waals surface area contributed by atoms with Gasteiger partial charge in [-0.3, -0.25) is 0 Å². The smallest absolute Gasteiger partial charge is 0.168 e. The molecular weight excluding hydrogens is 353 g/mol. The summed E-state index contributed by atoms with van der Waals surface area (Å²) < 4.78 is 12.3. The summed E-state index contributed by atoms with van der Waals surface area (Å²) in [7, 11) is 0. The van der Waals surface area contributed by atoms with Crippen molar-refractivity contribution >= 4 is 33.9 Å². The molecule has 6 heteroatoms. The van der Waals surface area contributed by atoms with Crippen molar-refractivity contribution in [1.29, 1.82) is 0 Å². The Morgan fingerprint density at radius 1 is 1.24 bits per heavy atom. The van der Waals surface area contributed by atoms with Gasteiger partial charge in [0, 0.05) is 19.0 Å². The van der Waals surface area contributed by atoms with E-state index in [1.807, 2.05) is 0 Å². The van der Waals surface area contributed by atoms with Gasteiger partial charge in [0.1, 0.15) is 5.60 Å². The number of hydrogen-bond donors (Lipinski definition) is 1. The van der Waals surface area contributed by atoms with Crippen molar-refractivity contribution in [3.05, 3.63) is 14.1 Å². The normalized spacial score (nSPS) is 26.5. The Morgan fingerprint density at radius 3 is 2.41 bits per heavy atom. The number of aliphatic hydroxyl groups is 1. The SMILES string of the molecule is OC1(c2cnc(I)s2)CCC2(CC1)OCCO2. The molecule has 0 bridgehead atoms. The van der Waals surface area contributed by atoms with E-state index in [9.17, 15) is 5.11 Å². The van der Waals surface area contributed by atoms with Gasteiger partial charge in [0.15, 0.2) is 8.80 Å². The van der Waals surface area contributed by atoms with E-state index in [1.54, 1.807) is 17.5 Å². The van der Waals surface area contributed by atoms with Crippen LogP contribution < -0.4 is 0 Å². The Balaban J connectivity index is 1.75. The molecule has 1 spiro atoms. The van der Waals surface area contributed by atoms with Crippen molar-refractivity contribution in [2.75, 3.05) is 13.2 Å². The Kier molecular flexibility index (Phi) is 3.19. The van der Waals surface area contributed by atoms with Crippen molar-refractivity contribution in [3.63, 3.8) is 0 Å². The van der Waals surface area contributed by atoms with E-state index in [-0.39, 0.29) is 0 Å². The molecule has 1 N–H and O–H groups in total. The van der Waals surface area contributed by atoms with Gasteiger partial charge in [-0.2, -0.15) is 0 Å². The number of aromatic nitrogens is 1. The highest BCUT2D eigenvalue weighted by Gasteiger charge is 2.46. The van der Waals surface area contributed by atoms with E-state index >= 15 is 0 Å². The average molecular weight is 367 g/mol.